The molecule has 2 aliphatic heterocycles. The molecule has 1 N–H and O–H groups in total. The van der Waals surface area contributed by atoms with E-state index in [1.807, 2.05) is 24.3 Å². The Morgan fingerprint density at radius 1 is 1.29 bits per heavy atom. The van der Waals surface area contributed by atoms with Gasteiger partial charge in [0.2, 0.25) is 5.69 Å². The van der Waals surface area contributed by atoms with Crippen molar-refractivity contribution >= 4 is 17.0 Å². The molecule has 1 aromatic carbocycles. The zero-order valence-corrected chi connectivity index (χ0v) is 13.4. The average molecular weight is 325 g/mol. The zero-order chi connectivity index (χ0) is 16.7. The van der Waals surface area contributed by atoms with Crippen LogP contribution in [0.3, 0.4) is 0 Å². The van der Waals surface area contributed by atoms with Crippen LogP contribution < -0.4 is 10.9 Å². The SMILES string of the molecule is CCOC(=O)c1nc2ccccc2n(C2CC3C=CC(C2)N3)c1=O. The van der Waals surface area contributed by atoms with Gasteiger partial charge < -0.3 is 14.6 Å². The molecule has 0 spiro atoms. The number of hydrogen-bond acceptors (Lipinski definition) is 5. The summed E-state index contributed by atoms with van der Waals surface area (Å²) in [5.74, 6) is -0.656. The smallest absolute Gasteiger partial charge is 0.362 e. The largest absolute Gasteiger partial charge is 0.461 e. The Hall–Kier alpha value is -2.47. The molecule has 1 fully saturated rings. The number of benzene rings is 1. The second kappa shape index (κ2) is 5.87. The van der Waals surface area contributed by atoms with E-state index in [9.17, 15) is 9.59 Å². The number of nitrogens with one attached hydrogen (secondary N) is 1. The molecule has 2 unspecified atom stereocenters. The van der Waals surface area contributed by atoms with Gasteiger partial charge in [-0.15, -0.1) is 0 Å². The molecular weight excluding hydrogens is 306 g/mol. The van der Waals surface area contributed by atoms with Crippen LogP contribution in [0.25, 0.3) is 11.0 Å². The van der Waals surface area contributed by atoms with E-state index in [1.54, 1.807) is 11.5 Å². The average Bonchev–Trinajstić information content (AvgIpc) is 2.92. The first kappa shape index (κ1) is 15.1. The number of ether oxygens (including phenoxy) is 1. The van der Waals surface area contributed by atoms with Gasteiger partial charge >= 0.3 is 5.97 Å². The molecule has 6 nitrogen and oxygen atoms in total. The number of piperidine rings is 1. The number of hydrogen-bond donors (Lipinski definition) is 1. The third-order valence-electron chi connectivity index (χ3n) is 4.68. The molecule has 24 heavy (non-hydrogen) atoms. The van der Waals surface area contributed by atoms with Gasteiger partial charge in [0.05, 0.1) is 17.6 Å². The molecule has 2 aromatic rings. The number of carbonyl (C=O) groups is 1. The summed E-state index contributed by atoms with van der Waals surface area (Å²) in [4.78, 5) is 29.4. The van der Waals surface area contributed by atoms with Gasteiger partial charge in [-0.25, -0.2) is 9.78 Å². The molecular formula is C18H19N3O3. The lowest BCUT2D eigenvalue weighted by atomic mass is 9.98. The summed E-state index contributed by atoms with van der Waals surface area (Å²) in [6.45, 7) is 1.93. The third-order valence-corrected chi connectivity index (χ3v) is 4.68. The van der Waals surface area contributed by atoms with Crippen molar-refractivity contribution < 1.29 is 9.53 Å². The van der Waals surface area contributed by atoms with Gasteiger partial charge in [-0.05, 0) is 31.9 Å². The van der Waals surface area contributed by atoms with E-state index in [0.29, 0.717) is 5.52 Å². The lowest BCUT2D eigenvalue weighted by Gasteiger charge is -2.31. The van der Waals surface area contributed by atoms with Gasteiger partial charge in [0, 0.05) is 18.1 Å². The van der Waals surface area contributed by atoms with E-state index in [4.69, 9.17) is 4.74 Å². The summed E-state index contributed by atoms with van der Waals surface area (Å²) < 4.78 is 6.75. The van der Waals surface area contributed by atoms with Crippen molar-refractivity contribution in [3.63, 3.8) is 0 Å². The molecule has 1 saturated heterocycles. The van der Waals surface area contributed by atoms with Crippen LogP contribution in [-0.4, -0.2) is 34.2 Å². The van der Waals surface area contributed by atoms with E-state index in [-0.39, 0.29) is 36.0 Å². The van der Waals surface area contributed by atoms with E-state index < -0.39 is 5.97 Å². The summed E-state index contributed by atoms with van der Waals surface area (Å²) in [6, 6.07) is 8.03. The van der Waals surface area contributed by atoms with Crippen LogP contribution >= 0.6 is 0 Å². The quantitative estimate of drug-likeness (QED) is 0.688. The van der Waals surface area contributed by atoms with Gasteiger partial charge in [-0.2, -0.15) is 0 Å². The van der Waals surface area contributed by atoms with Crippen molar-refractivity contribution in [2.45, 2.75) is 37.9 Å². The number of fused-ring (bicyclic) bond motifs is 3. The summed E-state index contributed by atoms with van der Waals surface area (Å²) in [6.07, 6.45) is 5.96. The van der Waals surface area contributed by atoms with Crippen LogP contribution in [-0.2, 0) is 4.74 Å². The van der Waals surface area contributed by atoms with Gasteiger partial charge in [0.25, 0.3) is 5.56 Å². The lowest BCUT2D eigenvalue weighted by Crippen LogP contribution is -2.43. The predicted octanol–water partition coefficient (Wildman–Crippen LogP) is 1.80. The second-order valence-corrected chi connectivity index (χ2v) is 6.23. The van der Waals surface area contributed by atoms with Gasteiger partial charge in [-0.3, -0.25) is 4.79 Å². The minimum atomic E-state index is -0.656. The summed E-state index contributed by atoms with van der Waals surface area (Å²) in [5.41, 5.74) is 0.911. The molecule has 4 rings (SSSR count). The molecule has 0 amide bonds. The summed E-state index contributed by atoms with van der Waals surface area (Å²) in [5, 5.41) is 3.48. The van der Waals surface area contributed by atoms with E-state index in [2.05, 4.69) is 22.5 Å². The minimum Gasteiger partial charge on any atom is -0.461 e. The van der Waals surface area contributed by atoms with Crippen LogP contribution in [0, 0.1) is 0 Å². The molecule has 3 heterocycles. The first-order valence-electron chi connectivity index (χ1n) is 8.30. The Morgan fingerprint density at radius 2 is 2.00 bits per heavy atom. The van der Waals surface area contributed by atoms with Crippen molar-refractivity contribution in [3.05, 3.63) is 52.5 Å². The number of esters is 1. The molecule has 1 aromatic heterocycles. The molecule has 2 aliphatic rings. The van der Waals surface area contributed by atoms with Crippen LogP contribution in [0.4, 0.5) is 0 Å². The van der Waals surface area contributed by atoms with E-state index in [1.165, 1.54) is 0 Å². The predicted molar refractivity (Wildman–Crippen MR) is 90.1 cm³/mol. The second-order valence-electron chi connectivity index (χ2n) is 6.23. The monoisotopic (exact) mass is 325 g/mol. The Labute approximate surface area is 139 Å². The lowest BCUT2D eigenvalue weighted by molar-refractivity contribution is 0.0516. The van der Waals surface area contributed by atoms with Crippen molar-refractivity contribution in [1.82, 2.24) is 14.9 Å². The van der Waals surface area contributed by atoms with E-state index >= 15 is 0 Å². The molecule has 2 bridgehead atoms. The summed E-state index contributed by atoms with van der Waals surface area (Å²) >= 11 is 0. The van der Waals surface area contributed by atoms with Crippen LogP contribution in [0.1, 0.15) is 36.3 Å². The van der Waals surface area contributed by atoms with Crippen LogP contribution in [0.2, 0.25) is 0 Å². The number of aromatic nitrogens is 2. The maximum atomic E-state index is 13.0. The highest BCUT2D eigenvalue weighted by molar-refractivity contribution is 5.89. The van der Waals surface area contributed by atoms with Gasteiger partial charge in [-0.1, -0.05) is 24.3 Å². The Kier molecular flexibility index (Phi) is 3.69. The normalized spacial score (nSPS) is 25.1. The topological polar surface area (TPSA) is 73.2 Å². The Bertz CT molecular complexity index is 873. The maximum absolute atomic E-state index is 13.0. The molecule has 0 radical (unpaired) electrons. The molecule has 0 aliphatic carbocycles. The van der Waals surface area contributed by atoms with Crippen molar-refractivity contribution in [1.29, 1.82) is 0 Å². The first-order chi connectivity index (χ1) is 11.7. The van der Waals surface area contributed by atoms with Crippen molar-refractivity contribution in [2.75, 3.05) is 6.61 Å². The van der Waals surface area contributed by atoms with Crippen LogP contribution in [0.15, 0.2) is 41.2 Å². The zero-order valence-electron chi connectivity index (χ0n) is 13.4. The fraction of sp³-hybridized carbons (Fsp3) is 0.389. The van der Waals surface area contributed by atoms with Gasteiger partial charge in [0.1, 0.15) is 0 Å². The number of para-hydroxylation sites is 2. The molecule has 6 heteroatoms. The van der Waals surface area contributed by atoms with Crippen LogP contribution in [0.5, 0.6) is 0 Å². The molecule has 0 saturated carbocycles. The summed E-state index contributed by atoms with van der Waals surface area (Å²) in [7, 11) is 0. The molecule has 124 valence electrons. The van der Waals surface area contributed by atoms with Crippen molar-refractivity contribution in [2.24, 2.45) is 0 Å². The standard InChI is InChI=1S/C18H19N3O3/c1-2-24-18(23)16-17(22)21(15-6-4-3-5-14(15)20-16)13-9-11-7-8-12(10-13)19-11/h3-8,11-13,19H,2,9-10H2,1H3. The number of nitrogens with zero attached hydrogens (tertiary/aromatic N) is 2. The van der Waals surface area contributed by atoms with Gasteiger partial charge in [0.15, 0.2) is 0 Å². The number of carbonyl (C=O) groups excluding carboxylic acids is 1. The Morgan fingerprint density at radius 3 is 2.71 bits per heavy atom. The number of rotatable bonds is 3. The van der Waals surface area contributed by atoms with E-state index in [0.717, 1.165) is 18.4 Å². The minimum absolute atomic E-state index is 0.0322. The fourth-order valence-electron chi connectivity index (χ4n) is 3.69. The first-order valence-corrected chi connectivity index (χ1v) is 8.30. The highest BCUT2D eigenvalue weighted by Crippen LogP contribution is 2.31. The molecule has 2 atom stereocenters. The highest BCUT2D eigenvalue weighted by Gasteiger charge is 2.33. The maximum Gasteiger partial charge on any atom is 0.362 e. The third kappa shape index (κ3) is 2.43. The van der Waals surface area contributed by atoms with Crippen molar-refractivity contribution in [3.8, 4) is 0 Å². The highest BCUT2D eigenvalue weighted by atomic mass is 16.5. The Balaban J connectivity index is 1.88. The fourth-order valence-corrected chi connectivity index (χ4v) is 3.69.